The molecule has 0 aliphatic carbocycles. The van der Waals surface area contributed by atoms with Crippen molar-refractivity contribution in [3.63, 3.8) is 0 Å². The lowest BCUT2D eigenvalue weighted by Gasteiger charge is -2.24. The number of nitrogens with zero attached hydrogens (tertiary/aromatic N) is 4. The maximum Gasteiger partial charge on any atom is 0.227 e. The van der Waals surface area contributed by atoms with Crippen LogP contribution < -0.4 is 16.0 Å². The van der Waals surface area contributed by atoms with Gasteiger partial charge in [0, 0.05) is 25.5 Å². The molecule has 9 heteroatoms. The summed E-state index contributed by atoms with van der Waals surface area (Å²) in [5.41, 5.74) is -0.554. The molecule has 0 bridgehead atoms. The van der Waals surface area contributed by atoms with Gasteiger partial charge >= 0.3 is 0 Å². The lowest BCUT2D eigenvalue weighted by molar-refractivity contribution is -0.128. The van der Waals surface area contributed by atoms with Crippen LogP contribution in [-0.4, -0.2) is 40.2 Å². The van der Waals surface area contributed by atoms with E-state index in [0.29, 0.717) is 25.6 Å². The predicted molar refractivity (Wildman–Crippen MR) is 104 cm³/mol. The fourth-order valence-electron chi connectivity index (χ4n) is 2.22. The van der Waals surface area contributed by atoms with Gasteiger partial charge in [-0.15, -0.1) is 21.5 Å². The van der Waals surface area contributed by atoms with Crippen molar-refractivity contribution in [2.75, 3.05) is 13.6 Å². The van der Waals surface area contributed by atoms with Crippen LogP contribution in [0.2, 0.25) is 0 Å². The molecule has 142 valence electrons. The summed E-state index contributed by atoms with van der Waals surface area (Å²) in [5.74, 6) is 2.24. The average molecular weight is 378 g/mol. The molecule has 0 saturated heterocycles. The van der Waals surface area contributed by atoms with Crippen molar-refractivity contribution in [2.24, 2.45) is 17.5 Å². The normalized spacial score (nSPS) is 12.1. The molecule has 0 saturated carbocycles. The standard InChI is InChI=1S/C17H27N7OS/c1-12-22-23-14(24(12)5)10-20-16(19-9-13-7-6-8-26-13)21-11-17(2,3)15(25)18-4/h6-8H,9-11H2,1-5H3,(H,18,25)(H2,19,20,21). The van der Waals surface area contributed by atoms with E-state index in [1.807, 2.05) is 43.8 Å². The molecule has 26 heavy (non-hydrogen) atoms. The first kappa shape index (κ1) is 19.9. The maximum absolute atomic E-state index is 12.0. The van der Waals surface area contributed by atoms with Gasteiger partial charge in [-0.25, -0.2) is 4.99 Å². The topological polar surface area (TPSA) is 96.2 Å². The number of carbonyl (C=O) groups is 1. The van der Waals surface area contributed by atoms with Crippen molar-refractivity contribution >= 4 is 23.2 Å². The number of hydrogen-bond acceptors (Lipinski definition) is 5. The Hall–Kier alpha value is -2.42. The Morgan fingerprint density at radius 3 is 2.69 bits per heavy atom. The van der Waals surface area contributed by atoms with Gasteiger partial charge in [-0.05, 0) is 32.2 Å². The van der Waals surface area contributed by atoms with Crippen molar-refractivity contribution in [2.45, 2.75) is 33.9 Å². The molecule has 8 nitrogen and oxygen atoms in total. The van der Waals surface area contributed by atoms with Crippen LogP contribution in [0.3, 0.4) is 0 Å². The van der Waals surface area contributed by atoms with Crippen LogP contribution in [0.1, 0.15) is 30.4 Å². The highest BCUT2D eigenvalue weighted by molar-refractivity contribution is 7.09. The van der Waals surface area contributed by atoms with Crippen molar-refractivity contribution < 1.29 is 4.79 Å². The number of carbonyl (C=O) groups excluding carboxylic acids is 1. The second-order valence-electron chi connectivity index (χ2n) is 6.64. The van der Waals surface area contributed by atoms with E-state index in [1.54, 1.807) is 18.4 Å². The number of aliphatic imine (C=N–C) groups is 1. The Kier molecular flexibility index (Phi) is 6.73. The number of nitrogens with one attached hydrogen (secondary N) is 3. The minimum absolute atomic E-state index is 0.0217. The maximum atomic E-state index is 12.0. The van der Waals surface area contributed by atoms with Crippen LogP contribution in [0.15, 0.2) is 22.5 Å². The van der Waals surface area contributed by atoms with E-state index < -0.39 is 5.41 Å². The molecule has 2 heterocycles. The summed E-state index contributed by atoms with van der Waals surface area (Å²) in [6.07, 6.45) is 0. The Labute approximate surface area is 158 Å². The Bertz CT molecular complexity index is 749. The predicted octanol–water partition coefficient (Wildman–Crippen LogP) is 1.19. The van der Waals surface area contributed by atoms with Crippen LogP contribution in [-0.2, 0) is 24.9 Å². The fraction of sp³-hybridized carbons (Fsp3) is 0.529. The van der Waals surface area contributed by atoms with Crippen molar-refractivity contribution in [1.29, 1.82) is 0 Å². The number of amides is 1. The summed E-state index contributed by atoms with van der Waals surface area (Å²) < 4.78 is 1.91. The second kappa shape index (κ2) is 8.79. The first-order valence-corrected chi connectivity index (χ1v) is 9.33. The number of thiophene rings is 1. The quantitative estimate of drug-likeness (QED) is 0.498. The van der Waals surface area contributed by atoms with Gasteiger partial charge in [0.2, 0.25) is 5.91 Å². The molecule has 0 atom stereocenters. The molecule has 2 aromatic rings. The highest BCUT2D eigenvalue weighted by atomic mass is 32.1. The van der Waals surface area contributed by atoms with Gasteiger partial charge in [-0.2, -0.15) is 0 Å². The Morgan fingerprint density at radius 2 is 2.12 bits per heavy atom. The van der Waals surface area contributed by atoms with E-state index >= 15 is 0 Å². The van der Waals surface area contributed by atoms with Crippen molar-refractivity contribution in [3.05, 3.63) is 34.0 Å². The molecule has 0 aliphatic heterocycles. The highest BCUT2D eigenvalue weighted by Crippen LogP contribution is 2.13. The monoisotopic (exact) mass is 377 g/mol. The van der Waals surface area contributed by atoms with E-state index in [0.717, 1.165) is 11.6 Å². The van der Waals surface area contributed by atoms with Crippen LogP contribution in [0, 0.1) is 12.3 Å². The molecule has 2 rings (SSSR count). The van der Waals surface area contributed by atoms with Gasteiger partial charge < -0.3 is 20.5 Å². The molecule has 0 radical (unpaired) electrons. The first-order valence-electron chi connectivity index (χ1n) is 8.45. The fourth-order valence-corrected chi connectivity index (χ4v) is 2.86. The molecular weight excluding hydrogens is 350 g/mol. The van der Waals surface area contributed by atoms with E-state index in [1.165, 1.54) is 4.88 Å². The zero-order valence-corrected chi connectivity index (χ0v) is 16.8. The molecule has 1 amide bonds. The average Bonchev–Trinajstić information content (AvgIpc) is 3.25. The van der Waals surface area contributed by atoms with Gasteiger partial charge in [-0.1, -0.05) is 6.07 Å². The van der Waals surface area contributed by atoms with Crippen molar-refractivity contribution in [3.8, 4) is 0 Å². The SMILES string of the molecule is CNC(=O)C(C)(C)CNC(=NCc1nnc(C)n1C)NCc1cccs1. The highest BCUT2D eigenvalue weighted by Gasteiger charge is 2.26. The number of guanidine groups is 1. The molecular formula is C17H27N7OS. The first-order chi connectivity index (χ1) is 12.3. The summed E-state index contributed by atoms with van der Waals surface area (Å²) >= 11 is 1.68. The molecule has 0 unspecified atom stereocenters. The Morgan fingerprint density at radius 1 is 1.35 bits per heavy atom. The second-order valence-corrected chi connectivity index (χ2v) is 7.67. The zero-order chi connectivity index (χ0) is 19.2. The van der Waals surface area contributed by atoms with Crippen LogP contribution in [0.5, 0.6) is 0 Å². The van der Waals surface area contributed by atoms with Gasteiger partial charge in [0.1, 0.15) is 12.4 Å². The molecule has 0 aromatic carbocycles. The van der Waals surface area contributed by atoms with Crippen LogP contribution >= 0.6 is 11.3 Å². The number of rotatable bonds is 7. The molecule has 2 aromatic heterocycles. The Balaban J connectivity index is 2.06. The van der Waals surface area contributed by atoms with Crippen LogP contribution in [0.25, 0.3) is 0 Å². The zero-order valence-electron chi connectivity index (χ0n) is 16.0. The summed E-state index contributed by atoms with van der Waals surface area (Å²) in [6, 6.07) is 4.08. The lowest BCUT2D eigenvalue weighted by Crippen LogP contribution is -2.47. The molecule has 3 N–H and O–H groups in total. The van der Waals surface area contributed by atoms with Gasteiger partial charge in [0.05, 0.1) is 12.0 Å². The minimum atomic E-state index is -0.554. The van der Waals surface area contributed by atoms with E-state index in [9.17, 15) is 4.79 Å². The number of hydrogen-bond donors (Lipinski definition) is 3. The molecule has 0 spiro atoms. The minimum Gasteiger partial charge on any atom is -0.359 e. The number of aryl methyl sites for hydroxylation is 1. The van der Waals surface area contributed by atoms with Gasteiger partial charge in [-0.3, -0.25) is 4.79 Å². The largest absolute Gasteiger partial charge is 0.359 e. The van der Waals surface area contributed by atoms with E-state index in [-0.39, 0.29) is 5.91 Å². The summed E-state index contributed by atoms with van der Waals surface area (Å²) in [6.45, 7) is 7.21. The lowest BCUT2D eigenvalue weighted by atomic mass is 9.92. The third kappa shape index (κ3) is 5.29. The third-order valence-corrected chi connectivity index (χ3v) is 4.99. The van der Waals surface area contributed by atoms with Crippen LogP contribution in [0.4, 0.5) is 0 Å². The summed E-state index contributed by atoms with van der Waals surface area (Å²) in [5, 5.41) is 19.5. The third-order valence-electron chi connectivity index (χ3n) is 4.11. The number of aromatic nitrogens is 3. The molecule has 0 aliphatic rings. The molecule has 0 fully saturated rings. The smallest absolute Gasteiger partial charge is 0.227 e. The van der Waals surface area contributed by atoms with E-state index in [4.69, 9.17) is 0 Å². The van der Waals surface area contributed by atoms with Gasteiger partial charge in [0.15, 0.2) is 11.8 Å². The van der Waals surface area contributed by atoms with Gasteiger partial charge in [0.25, 0.3) is 0 Å². The summed E-state index contributed by atoms with van der Waals surface area (Å²) in [4.78, 5) is 17.8. The van der Waals surface area contributed by atoms with E-state index in [2.05, 4.69) is 37.2 Å². The van der Waals surface area contributed by atoms with Crippen molar-refractivity contribution in [1.82, 2.24) is 30.7 Å². The summed E-state index contributed by atoms with van der Waals surface area (Å²) in [7, 11) is 3.56.